The van der Waals surface area contributed by atoms with Gasteiger partial charge in [-0.15, -0.1) is 5.10 Å². The van der Waals surface area contributed by atoms with Crippen LogP contribution in [-0.4, -0.2) is 21.4 Å². The molecule has 0 bridgehead atoms. The number of nitrogens with one attached hydrogen (secondary N) is 2. The molecule has 0 amide bonds. The fraction of sp³-hybridized carbons (Fsp3) is 0.267. The molecule has 2 heterocycles. The van der Waals surface area contributed by atoms with E-state index < -0.39 is 0 Å². The first-order valence-corrected chi connectivity index (χ1v) is 7.30. The lowest BCUT2D eigenvalue weighted by Crippen LogP contribution is -2.25. The van der Waals surface area contributed by atoms with E-state index in [1.807, 2.05) is 12.1 Å². The third-order valence-corrected chi connectivity index (χ3v) is 3.42. The van der Waals surface area contributed by atoms with E-state index in [2.05, 4.69) is 34.8 Å². The highest BCUT2D eigenvalue weighted by atomic mass is 16.1. The van der Waals surface area contributed by atoms with Crippen molar-refractivity contribution in [3.63, 3.8) is 0 Å². The van der Waals surface area contributed by atoms with E-state index in [1.165, 1.54) is 10.6 Å². The van der Waals surface area contributed by atoms with Crippen molar-refractivity contribution < 1.29 is 0 Å². The number of nitrogens with two attached hydrogens (primary N) is 2. The highest BCUT2D eigenvalue weighted by Crippen LogP contribution is 2.11. The predicted octanol–water partition coefficient (Wildman–Crippen LogP) is 0.526. The van der Waals surface area contributed by atoms with Gasteiger partial charge in [0.15, 0.2) is 5.84 Å². The van der Waals surface area contributed by atoms with Crippen LogP contribution in [0.3, 0.4) is 0 Å². The first-order valence-electron chi connectivity index (χ1n) is 7.30. The Morgan fingerprint density at radius 1 is 1.39 bits per heavy atom. The van der Waals surface area contributed by atoms with Crippen LogP contribution in [0, 0.1) is 0 Å². The van der Waals surface area contributed by atoms with Gasteiger partial charge in [0.05, 0.1) is 11.9 Å². The fourth-order valence-electron chi connectivity index (χ4n) is 1.94. The number of rotatable bonds is 6. The second-order valence-electron chi connectivity index (χ2n) is 5.11. The molecular weight excluding hydrogens is 294 g/mol. The molecule has 0 fully saturated rings. The van der Waals surface area contributed by atoms with E-state index in [0.717, 1.165) is 12.2 Å². The number of anilines is 1. The molecule has 0 aliphatic carbocycles. The Hall–Kier alpha value is -2.87. The average Bonchev–Trinajstić information content (AvgIpc) is 2.56. The minimum absolute atomic E-state index is 0.185. The summed E-state index contributed by atoms with van der Waals surface area (Å²) >= 11 is 0. The van der Waals surface area contributed by atoms with Gasteiger partial charge in [-0.3, -0.25) is 9.36 Å². The van der Waals surface area contributed by atoms with E-state index in [9.17, 15) is 4.79 Å². The van der Waals surface area contributed by atoms with Crippen molar-refractivity contribution in [2.75, 3.05) is 5.32 Å². The second-order valence-corrected chi connectivity index (χ2v) is 5.11. The molecule has 122 valence electrons. The van der Waals surface area contributed by atoms with Crippen molar-refractivity contribution in [3.8, 4) is 5.69 Å². The van der Waals surface area contributed by atoms with E-state index in [-0.39, 0.29) is 11.4 Å². The molecule has 6 N–H and O–H groups in total. The van der Waals surface area contributed by atoms with Crippen LogP contribution in [0.1, 0.15) is 25.8 Å². The van der Waals surface area contributed by atoms with Gasteiger partial charge in [-0.1, -0.05) is 6.92 Å². The van der Waals surface area contributed by atoms with Gasteiger partial charge in [-0.05, 0) is 31.5 Å². The molecule has 1 unspecified atom stereocenters. The Morgan fingerprint density at radius 2 is 2.17 bits per heavy atom. The molecule has 0 aromatic carbocycles. The molecule has 2 aromatic heterocycles. The van der Waals surface area contributed by atoms with Crippen molar-refractivity contribution in [3.05, 3.63) is 52.6 Å². The number of hydrazone groups is 1. The van der Waals surface area contributed by atoms with Gasteiger partial charge in [-0.2, -0.15) is 0 Å². The minimum Gasteiger partial charge on any atom is -0.382 e. The van der Waals surface area contributed by atoms with Crippen LogP contribution in [0.15, 0.2) is 46.6 Å². The van der Waals surface area contributed by atoms with Crippen LogP contribution in [-0.2, 0) is 0 Å². The monoisotopic (exact) mass is 315 g/mol. The van der Waals surface area contributed by atoms with Gasteiger partial charge >= 0.3 is 0 Å². The summed E-state index contributed by atoms with van der Waals surface area (Å²) in [5.74, 6) is 6.06. The highest BCUT2D eigenvalue weighted by molar-refractivity contribution is 5.97. The van der Waals surface area contributed by atoms with E-state index in [4.69, 9.17) is 11.6 Å². The van der Waals surface area contributed by atoms with Crippen molar-refractivity contribution in [1.82, 2.24) is 15.1 Å². The molecule has 0 saturated carbocycles. The third kappa shape index (κ3) is 4.07. The van der Waals surface area contributed by atoms with Crippen LogP contribution in [0.5, 0.6) is 0 Å². The smallest absolute Gasteiger partial charge is 0.255 e. The van der Waals surface area contributed by atoms with Crippen LogP contribution < -0.4 is 28.0 Å². The maximum absolute atomic E-state index is 12.1. The summed E-state index contributed by atoms with van der Waals surface area (Å²) in [4.78, 5) is 16.4. The summed E-state index contributed by atoms with van der Waals surface area (Å²) < 4.78 is 1.45. The summed E-state index contributed by atoms with van der Waals surface area (Å²) in [6.07, 6.45) is 4.22. The topological polar surface area (TPSA) is 123 Å². The maximum atomic E-state index is 12.1. The normalized spacial score (nSPS) is 12.7. The van der Waals surface area contributed by atoms with Gasteiger partial charge < -0.3 is 11.1 Å². The Kier molecular flexibility index (Phi) is 5.32. The zero-order valence-corrected chi connectivity index (χ0v) is 13.2. The standard InChI is InChI=1S/C15H21N7O/c1-3-10(2)19-13-6-5-12(8-18-13)22-9-11(4-7-14(22)23)15(16)20-21-17/h4-10,21H,3,17H2,1-2H3,(H2,16,20)(H,18,19). The molecule has 0 radical (unpaired) electrons. The van der Waals surface area contributed by atoms with Gasteiger partial charge in [0.25, 0.3) is 5.56 Å². The predicted molar refractivity (Wildman–Crippen MR) is 91.3 cm³/mol. The second kappa shape index (κ2) is 7.41. The lowest BCUT2D eigenvalue weighted by Gasteiger charge is -2.13. The third-order valence-electron chi connectivity index (χ3n) is 3.42. The van der Waals surface area contributed by atoms with E-state index in [0.29, 0.717) is 17.3 Å². The van der Waals surface area contributed by atoms with Crippen LogP contribution >= 0.6 is 0 Å². The molecule has 1 atom stereocenters. The Labute approximate surface area is 134 Å². The molecular formula is C15H21N7O. The summed E-state index contributed by atoms with van der Waals surface area (Å²) in [5.41, 5.74) is 8.91. The van der Waals surface area contributed by atoms with Crippen LogP contribution in [0.4, 0.5) is 5.82 Å². The lowest BCUT2D eigenvalue weighted by molar-refractivity contribution is 0.759. The number of nitrogens with zero attached hydrogens (tertiary/aromatic N) is 3. The Balaban J connectivity index is 2.32. The zero-order chi connectivity index (χ0) is 16.8. The number of amidine groups is 1. The molecule has 2 rings (SSSR count). The van der Waals surface area contributed by atoms with E-state index in [1.54, 1.807) is 18.5 Å². The molecule has 0 saturated heterocycles. The Morgan fingerprint density at radius 3 is 2.78 bits per heavy atom. The first-order chi connectivity index (χ1) is 11.0. The van der Waals surface area contributed by atoms with E-state index >= 15 is 0 Å². The summed E-state index contributed by atoms with van der Waals surface area (Å²) in [7, 11) is 0. The average molecular weight is 315 g/mol. The quantitative estimate of drug-likeness (QED) is 0.267. The molecule has 0 spiro atoms. The van der Waals surface area contributed by atoms with Crippen molar-refractivity contribution in [1.29, 1.82) is 0 Å². The van der Waals surface area contributed by atoms with Crippen molar-refractivity contribution in [2.45, 2.75) is 26.3 Å². The molecule has 2 aromatic rings. The molecule has 0 aliphatic rings. The maximum Gasteiger partial charge on any atom is 0.255 e. The molecule has 8 heteroatoms. The van der Waals surface area contributed by atoms with Gasteiger partial charge in [0, 0.05) is 23.9 Å². The molecule has 0 aliphatic heterocycles. The summed E-state index contributed by atoms with van der Waals surface area (Å²) in [5, 5.41) is 6.97. The minimum atomic E-state index is -0.188. The zero-order valence-electron chi connectivity index (χ0n) is 13.2. The molecule has 23 heavy (non-hydrogen) atoms. The highest BCUT2D eigenvalue weighted by Gasteiger charge is 2.06. The summed E-state index contributed by atoms with van der Waals surface area (Å²) in [6.45, 7) is 4.18. The largest absolute Gasteiger partial charge is 0.382 e. The number of hydrogen-bond donors (Lipinski definition) is 4. The molecule has 8 nitrogen and oxygen atoms in total. The fourth-order valence-corrected chi connectivity index (χ4v) is 1.94. The number of hydrogen-bond acceptors (Lipinski definition) is 6. The number of pyridine rings is 2. The lowest BCUT2D eigenvalue weighted by atomic mass is 10.2. The van der Waals surface area contributed by atoms with Crippen molar-refractivity contribution >= 4 is 11.7 Å². The Bertz CT molecular complexity index is 736. The first kappa shape index (κ1) is 16.5. The van der Waals surface area contributed by atoms with Crippen LogP contribution in [0.25, 0.3) is 5.69 Å². The number of aromatic nitrogens is 2. The van der Waals surface area contributed by atoms with Crippen molar-refractivity contribution in [2.24, 2.45) is 16.7 Å². The van der Waals surface area contributed by atoms with Gasteiger partial charge in [-0.25, -0.2) is 16.4 Å². The van der Waals surface area contributed by atoms with Crippen LogP contribution in [0.2, 0.25) is 0 Å². The van der Waals surface area contributed by atoms with Gasteiger partial charge in [0.1, 0.15) is 5.82 Å². The number of hydrazine groups is 1. The summed E-state index contributed by atoms with van der Waals surface area (Å²) in [6, 6.07) is 6.98. The van der Waals surface area contributed by atoms with Gasteiger partial charge in [0.2, 0.25) is 0 Å². The SMILES string of the molecule is CCC(C)Nc1ccc(-n2cc(/C(N)=N/NN)ccc2=O)cn1.